The van der Waals surface area contributed by atoms with Crippen molar-refractivity contribution in [3.8, 4) is 5.75 Å². The Hall–Kier alpha value is -1.59. The van der Waals surface area contributed by atoms with Gasteiger partial charge in [0.1, 0.15) is 5.75 Å². The Labute approximate surface area is 132 Å². The van der Waals surface area contributed by atoms with E-state index in [1.54, 1.807) is 7.11 Å². The van der Waals surface area contributed by atoms with E-state index in [2.05, 4.69) is 10.2 Å². The number of carbonyl (C=O) groups excluding carboxylic acids is 1. The molecule has 0 aliphatic carbocycles. The lowest BCUT2D eigenvalue weighted by Crippen LogP contribution is -2.38. The molecule has 1 heterocycles. The van der Waals surface area contributed by atoms with E-state index in [1.165, 1.54) is 0 Å². The quantitative estimate of drug-likeness (QED) is 0.773. The maximum absolute atomic E-state index is 12.0. The van der Waals surface area contributed by atoms with Crippen molar-refractivity contribution in [2.75, 3.05) is 46.5 Å². The number of nitrogens with one attached hydrogen (secondary N) is 1. The van der Waals surface area contributed by atoms with Gasteiger partial charge in [-0.05, 0) is 37.1 Å². The van der Waals surface area contributed by atoms with Gasteiger partial charge in [-0.1, -0.05) is 12.1 Å². The van der Waals surface area contributed by atoms with E-state index in [0.29, 0.717) is 6.42 Å². The van der Waals surface area contributed by atoms with Gasteiger partial charge in [0.05, 0.1) is 26.7 Å². The molecular weight excluding hydrogens is 280 g/mol. The van der Waals surface area contributed by atoms with Gasteiger partial charge in [-0.25, -0.2) is 0 Å². The molecular formula is C17H26N2O3. The van der Waals surface area contributed by atoms with Crippen molar-refractivity contribution in [1.82, 2.24) is 10.2 Å². The number of aryl methyl sites for hydroxylation is 1. The summed E-state index contributed by atoms with van der Waals surface area (Å²) < 4.78 is 10.5. The van der Waals surface area contributed by atoms with Crippen LogP contribution in [0.4, 0.5) is 0 Å². The molecule has 1 aliphatic heterocycles. The Balaban J connectivity index is 1.66. The summed E-state index contributed by atoms with van der Waals surface area (Å²) in [6.07, 6.45) is 1.40. The van der Waals surface area contributed by atoms with Crippen molar-refractivity contribution in [2.24, 2.45) is 0 Å². The standard InChI is InChI=1S/C17H26N2O3/c1-14-12-15(4-5-16(14)21-2)13-17(20)18-6-3-7-19-8-10-22-11-9-19/h4-5,12H,3,6-11,13H2,1-2H3,(H,18,20). The van der Waals surface area contributed by atoms with Gasteiger partial charge in [0.25, 0.3) is 0 Å². The van der Waals surface area contributed by atoms with E-state index < -0.39 is 0 Å². The third-order valence-electron chi connectivity index (χ3n) is 3.90. The molecule has 1 aromatic carbocycles. The van der Waals surface area contributed by atoms with Crippen LogP contribution in [0.5, 0.6) is 5.75 Å². The minimum Gasteiger partial charge on any atom is -0.496 e. The molecule has 122 valence electrons. The highest BCUT2D eigenvalue weighted by molar-refractivity contribution is 5.78. The van der Waals surface area contributed by atoms with Crippen LogP contribution in [0.15, 0.2) is 18.2 Å². The number of hydrogen-bond acceptors (Lipinski definition) is 4. The van der Waals surface area contributed by atoms with Gasteiger partial charge in [-0.3, -0.25) is 9.69 Å². The second-order valence-electron chi connectivity index (χ2n) is 5.64. The van der Waals surface area contributed by atoms with Crippen molar-refractivity contribution in [2.45, 2.75) is 19.8 Å². The number of methoxy groups -OCH3 is 1. The second kappa shape index (κ2) is 8.76. The van der Waals surface area contributed by atoms with E-state index in [1.807, 2.05) is 25.1 Å². The number of benzene rings is 1. The Morgan fingerprint density at radius 1 is 1.36 bits per heavy atom. The molecule has 5 heteroatoms. The van der Waals surface area contributed by atoms with E-state index in [9.17, 15) is 4.79 Å². The van der Waals surface area contributed by atoms with E-state index >= 15 is 0 Å². The van der Waals surface area contributed by atoms with Crippen LogP contribution in [0.25, 0.3) is 0 Å². The fraction of sp³-hybridized carbons (Fsp3) is 0.588. The number of amides is 1. The lowest BCUT2D eigenvalue weighted by atomic mass is 10.1. The second-order valence-corrected chi connectivity index (χ2v) is 5.64. The number of rotatable bonds is 7. The predicted molar refractivity (Wildman–Crippen MR) is 86.3 cm³/mol. The average molecular weight is 306 g/mol. The molecule has 1 fully saturated rings. The van der Waals surface area contributed by atoms with Crippen LogP contribution < -0.4 is 10.1 Å². The summed E-state index contributed by atoms with van der Waals surface area (Å²) in [6.45, 7) is 7.38. The highest BCUT2D eigenvalue weighted by Crippen LogP contribution is 2.18. The molecule has 1 aliphatic rings. The topological polar surface area (TPSA) is 50.8 Å². The van der Waals surface area contributed by atoms with Crippen LogP contribution >= 0.6 is 0 Å². The Morgan fingerprint density at radius 3 is 2.82 bits per heavy atom. The van der Waals surface area contributed by atoms with Crippen molar-refractivity contribution < 1.29 is 14.3 Å². The van der Waals surface area contributed by atoms with Crippen LogP contribution in [0.2, 0.25) is 0 Å². The molecule has 1 saturated heterocycles. The Kier molecular flexibility index (Phi) is 6.68. The molecule has 0 aromatic heterocycles. The third-order valence-corrected chi connectivity index (χ3v) is 3.90. The van der Waals surface area contributed by atoms with Gasteiger partial charge in [-0.2, -0.15) is 0 Å². The van der Waals surface area contributed by atoms with Gasteiger partial charge in [0, 0.05) is 19.6 Å². The fourth-order valence-corrected chi connectivity index (χ4v) is 2.65. The molecule has 1 amide bonds. The minimum atomic E-state index is 0.0755. The Bertz CT molecular complexity index is 485. The molecule has 22 heavy (non-hydrogen) atoms. The first-order chi connectivity index (χ1) is 10.7. The van der Waals surface area contributed by atoms with Crippen LogP contribution in [0, 0.1) is 6.92 Å². The van der Waals surface area contributed by atoms with Crippen molar-refractivity contribution in [1.29, 1.82) is 0 Å². The predicted octanol–water partition coefficient (Wildman–Crippen LogP) is 1.38. The summed E-state index contributed by atoms with van der Waals surface area (Å²) in [5.41, 5.74) is 2.07. The maximum Gasteiger partial charge on any atom is 0.224 e. The summed E-state index contributed by atoms with van der Waals surface area (Å²) in [7, 11) is 1.66. The van der Waals surface area contributed by atoms with Gasteiger partial charge in [0.2, 0.25) is 5.91 Å². The normalized spacial score (nSPS) is 15.5. The molecule has 0 radical (unpaired) electrons. The number of carbonyl (C=O) groups is 1. The average Bonchev–Trinajstić information content (AvgIpc) is 2.53. The van der Waals surface area contributed by atoms with Crippen LogP contribution in [0.3, 0.4) is 0 Å². The number of morpholine rings is 1. The molecule has 0 bridgehead atoms. The summed E-state index contributed by atoms with van der Waals surface area (Å²) in [6, 6.07) is 5.86. The number of ether oxygens (including phenoxy) is 2. The van der Waals surface area contributed by atoms with Crippen molar-refractivity contribution in [3.63, 3.8) is 0 Å². The monoisotopic (exact) mass is 306 g/mol. The van der Waals surface area contributed by atoms with Crippen molar-refractivity contribution in [3.05, 3.63) is 29.3 Å². The maximum atomic E-state index is 12.0. The van der Waals surface area contributed by atoms with Gasteiger partial charge < -0.3 is 14.8 Å². The minimum absolute atomic E-state index is 0.0755. The fourth-order valence-electron chi connectivity index (χ4n) is 2.65. The van der Waals surface area contributed by atoms with Gasteiger partial charge >= 0.3 is 0 Å². The zero-order valence-electron chi connectivity index (χ0n) is 13.6. The molecule has 0 saturated carbocycles. The first-order valence-corrected chi connectivity index (χ1v) is 7.89. The Morgan fingerprint density at radius 2 is 2.14 bits per heavy atom. The van der Waals surface area contributed by atoms with Crippen LogP contribution in [-0.2, 0) is 16.0 Å². The van der Waals surface area contributed by atoms with Crippen molar-refractivity contribution >= 4 is 5.91 Å². The molecule has 5 nitrogen and oxygen atoms in total. The lowest BCUT2D eigenvalue weighted by molar-refractivity contribution is -0.120. The largest absolute Gasteiger partial charge is 0.496 e. The summed E-state index contributed by atoms with van der Waals surface area (Å²) >= 11 is 0. The summed E-state index contributed by atoms with van der Waals surface area (Å²) in [5, 5.41) is 2.99. The molecule has 1 aromatic rings. The van der Waals surface area contributed by atoms with Crippen LogP contribution in [0.1, 0.15) is 17.5 Å². The van der Waals surface area contributed by atoms with E-state index in [0.717, 1.165) is 62.7 Å². The molecule has 0 spiro atoms. The first-order valence-electron chi connectivity index (χ1n) is 7.89. The molecule has 1 N–H and O–H groups in total. The van der Waals surface area contributed by atoms with Gasteiger partial charge in [-0.15, -0.1) is 0 Å². The molecule has 2 rings (SSSR count). The highest BCUT2D eigenvalue weighted by atomic mass is 16.5. The number of hydrogen-bond donors (Lipinski definition) is 1. The van der Waals surface area contributed by atoms with Crippen LogP contribution in [-0.4, -0.2) is 57.3 Å². The molecule has 0 atom stereocenters. The zero-order chi connectivity index (χ0) is 15.8. The summed E-state index contributed by atoms with van der Waals surface area (Å²) in [4.78, 5) is 14.3. The first kappa shape index (κ1) is 16.8. The third kappa shape index (κ3) is 5.31. The number of nitrogens with zero attached hydrogens (tertiary/aromatic N) is 1. The summed E-state index contributed by atoms with van der Waals surface area (Å²) in [5.74, 6) is 0.932. The zero-order valence-corrected chi connectivity index (χ0v) is 13.6. The lowest BCUT2D eigenvalue weighted by Gasteiger charge is -2.26. The van der Waals surface area contributed by atoms with E-state index in [4.69, 9.17) is 9.47 Å². The SMILES string of the molecule is COc1ccc(CC(=O)NCCCN2CCOCC2)cc1C. The molecule has 0 unspecified atom stereocenters. The highest BCUT2D eigenvalue weighted by Gasteiger charge is 2.10. The van der Waals surface area contributed by atoms with E-state index in [-0.39, 0.29) is 5.91 Å². The van der Waals surface area contributed by atoms with Gasteiger partial charge in [0.15, 0.2) is 0 Å². The smallest absolute Gasteiger partial charge is 0.224 e.